The number of nitrogens with zero attached hydrogens (tertiary/aromatic N) is 5. The molecule has 0 atom stereocenters. The molecule has 0 aliphatic carbocycles. The van der Waals surface area contributed by atoms with Crippen molar-refractivity contribution in [3.05, 3.63) is 142 Å². The third kappa shape index (κ3) is 8.92. The Morgan fingerprint density at radius 3 is 1.94 bits per heavy atom. The predicted molar refractivity (Wildman–Crippen MR) is 200 cm³/mol. The number of halogens is 2. The monoisotopic (exact) mass is 712 g/mol. The van der Waals surface area contributed by atoms with Crippen LogP contribution in [0.25, 0.3) is 22.5 Å². The summed E-state index contributed by atoms with van der Waals surface area (Å²) < 4.78 is 25.9. The number of H-pyrrole nitrogens is 2. The standard InChI is InChI=1S/C20H16FN5O.C12H13N3.C7H5FN2.CH4/c21-17-7-6-15(10-14(17)11-22)23-20(27)26-9-8-18-16(12-26)19(25-24-18)13-4-2-1-3-5-13;1-2-4-9(5-3-1)12-10-8-13-7-6-11(10)14-15-12;8-7-2-1-6(10)3-5(7)4-9;/h1-7,10H,8-9,12H2,(H,23,27)(H,24,25);1-5,13H,6-8H2,(H,14,15);1-3H,10H2;1H4. The summed E-state index contributed by atoms with van der Waals surface area (Å²) in [6, 6.07) is 31.1. The number of carbonyl (C=O) groups is 1. The highest BCUT2D eigenvalue weighted by Crippen LogP contribution is 2.29. The van der Waals surface area contributed by atoms with E-state index in [0.29, 0.717) is 30.9 Å². The molecule has 2 aliphatic rings. The number of nitrogens with one attached hydrogen (secondary N) is 4. The van der Waals surface area contributed by atoms with Crippen LogP contribution < -0.4 is 16.4 Å². The van der Waals surface area contributed by atoms with Crippen LogP contribution in [0.5, 0.6) is 0 Å². The molecule has 8 rings (SSSR count). The maximum Gasteiger partial charge on any atom is 0.322 e. The van der Waals surface area contributed by atoms with E-state index in [1.165, 1.54) is 53.2 Å². The number of amides is 2. The molecule has 53 heavy (non-hydrogen) atoms. The van der Waals surface area contributed by atoms with Gasteiger partial charge in [-0.15, -0.1) is 0 Å². The fraction of sp³-hybridized carbons (Fsp3) is 0.175. The van der Waals surface area contributed by atoms with Crippen LogP contribution in [0.4, 0.5) is 25.0 Å². The number of benzene rings is 4. The molecule has 6 N–H and O–H groups in total. The second-order valence-corrected chi connectivity index (χ2v) is 12.0. The minimum Gasteiger partial charge on any atom is -0.399 e. The summed E-state index contributed by atoms with van der Waals surface area (Å²) in [6.45, 7) is 2.94. The van der Waals surface area contributed by atoms with E-state index < -0.39 is 11.6 Å². The molecule has 2 aliphatic heterocycles. The fourth-order valence-electron chi connectivity index (χ4n) is 5.88. The molecule has 0 radical (unpaired) electrons. The largest absolute Gasteiger partial charge is 0.399 e. The van der Waals surface area contributed by atoms with Crippen LogP contribution in [0.2, 0.25) is 0 Å². The van der Waals surface area contributed by atoms with Crippen LogP contribution in [-0.4, -0.2) is 44.4 Å². The van der Waals surface area contributed by atoms with Gasteiger partial charge in [-0.05, 0) is 36.4 Å². The van der Waals surface area contributed by atoms with Gasteiger partial charge in [-0.3, -0.25) is 10.2 Å². The Bertz CT molecular complexity index is 2260. The van der Waals surface area contributed by atoms with Gasteiger partial charge in [0.2, 0.25) is 0 Å². The van der Waals surface area contributed by atoms with E-state index in [9.17, 15) is 13.6 Å². The lowest BCUT2D eigenvalue weighted by Gasteiger charge is -2.27. The van der Waals surface area contributed by atoms with Crippen LogP contribution in [0.1, 0.15) is 41.1 Å². The quantitative estimate of drug-likeness (QED) is 0.120. The lowest BCUT2D eigenvalue weighted by molar-refractivity contribution is 0.206. The van der Waals surface area contributed by atoms with E-state index in [0.717, 1.165) is 47.7 Å². The first-order chi connectivity index (χ1) is 25.3. The fourth-order valence-corrected chi connectivity index (χ4v) is 5.88. The Hall–Kier alpha value is -6.83. The van der Waals surface area contributed by atoms with Crippen LogP contribution in [0.15, 0.2) is 97.1 Å². The van der Waals surface area contributed by atoms with Gasteiger partial charge in [0.15, 0.2) is 0 Å². The zero-order valence-electron chi connectivity index (χ0n) is 28.0. The number of hydrogen-bond donors (Lipinski definition) is 5. The average Bonchev–Trinajstić information content (AvgIpc) is 3.82. The average molecular weight is 713 g/mol. The second-order valence-electron chi connectivity index (χ2n) is 12.0. The number of aromatic nitrogens is 4. The first-order valence-corrected chi connectivity index (χ1v) is 16.5. The van der Waals surface area contributed by atoms with Gasteiger partial charge in [0.05, 0.1) is 29.1 Å². The van der Waals surface area contributed by atoms with Gasteiger partial charge < -0.3 is 21.3 Å². The lowest BCUT2D eigenvalue weighted by Crippen LogP contribution is -2.38. The molecule has 0 bridgehead atoms. The van der Waals surface area contributed by atoms with Gasteiger partial charge in [0.25, 0.3) is 0 Å². The Balaban J connectivity index is 0.000000174. The van der Waals surface area contributed by atoms with Gasteiger partial charge >= 0.3 is 6.03 Å². The van der Waals surface area contributed by atoms with E-state index in [-0.39, 0.29) is 24.6 Å². The molecule has 11 nitrogen and oxygen atoms in total. The Kier molecular flexibility index (Phi) is 12.3. The third-order valence-corrected chi connectivity index (χ3v) is 8.57. The van der Waals surface area contributed by atoms with Crippen molar-refractivity contribution in [3.8, 4) is 34.7 Å². The molecular formula is C40H38F2N10O. The summed E-state index contributed by atoms with van der Waals surface area (Å²) in [4.78, 5) is 14.3. The molecule has 2 amide bonds. The predicted octanol–water partition coefficient (Wildman–Crippen LogP) is 7.32. The molecular weight excluding hydrogens is 675 g/mol. The number of anilines is 2. The third-order valence-electron chi connectivity index (χ3n) is 8.57. The van der Waals surface area contributed by atoms with Crippen molar-refractivity contribution < 1.29 is 13.6 Å². The van der Waals surface area contributed by atoms with Crippen LogP contribution in [-0.2, 0) is 25.9 Å². The first kappa shape index (κ1) is 37.4. The molecule has 6 aromatic rings. The van der Waals surface area contributed by atoms with Gasteiger partial charge in [0.1, 0.15) is 23.8 Å². The molecule has 0 unspecified atom stereocenters. The number of nitrogens with two attached hydrogens (primary N) is 1. The van der Waals surface area contributed by atoms with Gasteiger partial charge in [0, 0.05) is 77.5 Å². The Morgan fingerprint density at radius 1 is 0.774 bits per heavy atom. The van der Waals surface area contributed by atoms with Crippen molar-refractivity contribution >= 4 is 17.4 Å². The number of carbonyl (C=O) groups excluding carboxylic acids is 1. The molecule has 13 heteroatoms. The van der Waals surface area contributed by atoms with Crippen molar-refractivity contribution in [1.82, 2.24) is 30.6 Å². The highest BCUT2D eigenvalue weighted by molar-refractivity contribution is 5.90. The SMILES string of the molecule is C.N#Cc1cc(N)ccc1F.N#Cc1cc(NC(=O)N2CCc3[nH]nc(-c4ccccc4)c3C2)ccc1F.c1ccc(-c2n[nH]c3c2CNCC3)cc1. The molecule has 0 saturated carbocycles. The van der Waals surface area contributed by atoms with Crippen LogP contribution >= 0.6 is 0 Å². The highest BCUT2D eigenvalue weighted by atomic mass is 19.1. The summed E-state index contributed by atoms with van der Waals surface area (Å²) in [5.41, 5.74) is 14.7. The second kappa shape index (κ2) is 17.4. The smallest absolute Gasteiger partial charge is 0.322 e. The maximum atomic E-state index is 13.4. The molecule has 4 heterocycles. The summed E-state index contributed by atoms with van der Waals surface area (Å²) in [5, 5.41) is 38.4. The van der Waals surface area contributed by atoms with E-state index in [1.807, 2.05) is 48.5 Å². The van der Waals surface area contributed by atoms with E-state index in [4.69, 9.17) is 16.3 Å². The minimum absolute atomic E-state index is 0. The number of nitriles is 2. The van der Waals surface area contributed by atoms with Gasteiger partial charge in [-0.2, -0.15) is 20.7 Å². The zero-order valence-corrected chi connectivity index (χ0v) is 28.0. The molecule has 0 fully saturated rings. The van der Waals surface area contributed by atoms with E-state index in [1.54, 1.807) is 17.0 Å². The molecule has 2 aromatic heterocycles. The Morgan fingerprint density at radius 2 is 1.34 bits per heavy atom. The Labute approximate surface area is 306 Å². The normalized spacial score (nSPS) is 12.5. The van der Waals surface area contributed by atoms with Crippen molar-refractivity contribution in [2.24, 2.45) is 0 Å². The van der Waals surface area contributed by atoms with Crippen LogP contribution in [0, 0.1) is 34.3 Å². The van der Waals surface area contributed by atoms with Gasteiger partial charge in [-0.25, -0.2) is 13.6 Å². The number of fused-ring (bicyclic) bond motifs is 2. The zero-order chi connectivity index (χ0) is 36.5. The number of nitrogen functional groups attached to an aromatic ring is 1. The van der Waals surface area contributed by atoms with E-state index in [2.05, 4.69) is 43.2 Å². The summed E-state index contributed by atoms with van der Waals surface area (Å²) in [5.74, 6) is -1.14. The number of urea groups is 1. The van der Waals surface area contributed by atoms with E-state index >= 15 is 0 Å². The molecule has 0 saturated heterocycles. The lowest BCUT2D eigenvalue weighted by atomic mass is 10.0. The topological polar surface area (TPSA) is 175 Å². The number of aromatic amines is 2. The maximum absolute atomic E-state index is 13.4. The van der Waals surface area contributed by atoms with Crippen molar-refractivity contribution in [2.45, 2.75) is 33.4 Å². The summed E-state index contributed by atoms with van der Waals surface area (Å²) >= 11 is 0. The molecule has 0 spiro atoms. The molecule has 268 valence electrons. The summed E-state index contributed by atoms with van der Waals surface area (Å²) in [6.07, 6.45) is 1.73. The first-order valence-electron chi connectivity index (χ1n) is 16.5. The minimum atomic E-state index is -0.607. The van der Waals surface area contributed by atoms with Crippen molar-refractivity contribution in [1.29, 1.82) is 10.5 Å². The number of hydrogen-bond acceptors (Lipinski definition) is 7. The van der Waals surface area contributed by atoms with Crippen molar-refractivity contribution in [2.75, 3.05) is 24.1 Å². The summed E-state index contributed by atoms with van der Waals surface area (Å²) in [7, 11) is 0. The highest BCUT2D eigenvalue weighted by Gasteiger charge is 2.26. The van der Waals surface area contributed by atoms with Crippen LogP contribution in [0.3, 0.4) is 0 Å². The number of rotatable bonds is 3. The molecule has 4 aromatic carbocycles. The van der Waals surface area contributed by atoms with Crippen molar-refractivity contribution in [3.63, 3.8) is 0 Å². The van der Waals surface area contributed by atoms with Gasteiger partial charge in [-0.1, -0.05) is 68.1 Å².